The number of ether oxygens (including phenoxy) is 1. The zero-order valence-corrected chi connectivity index (χ0v) is 13.8. The van der Waals surface area contributed by atoms with E-state index in [4.69, 9.17) is 4.74 Å². The van der Waals surface area contributed by atoms with Crippen LogP contribution >= 0.6 is 11.8 Å². The number of rotatable bonds is 5. The van der Waals surface area contributed by atoms with Crippen LogP contribution in [0.5, 0.6) is 5.75 Å². The summed E-state index contributed by atoms with van der Waals surface area (Å²) in [6, 6.07) is 3.81. The van der Waals surface area contributed by atoms with Crippen LogP contribution in [0.2, 0.25) is 0 Å². The van der Waals surface area contributed by atoms with Gasteiger partial charge in [0.15, 0.2) is 5.16 Å². The second-order valence-corrected chi connectivity index (χ2v) is 6.33. The van der Waals surface area contributed by atoms with Gasteiger partial charge < -0.3 is 14.6 Å². The van der Waals surface area contributed by atoms with Gasteiger partial charge in [-0.3, -0.25) is 4.98 Å². The molecule has 0 amide bonds. The maximum absolute atomic E-state index is 5.34. The highest BCUT2D eigenvalue weighted by Gasteiger charge is 2.21. The Morgan fingerprint density at radius 2 is 2.36 bits per heavy atom. The fourth-order valence-electron chi connectivity index (χ4n) is 2.73. The molecule has 118 valence electrons. The van der Waals surface area contributed by atoms with E-state index in [0.717, 1.165) is 41.3 Å². The number of aromatic nitrogens is 4. The SMILES string of the molecule is COc1cccnc1CSc1nnc([C@H]2CCCNC2)n1C. The van der Waals surface area contributed by atoms with Gasteiger partial charge in [0.25, 0.3) is 0 Å². The van der Waals surface area contributed by atoms with Crippen LogP contribution in [-0.4, -0.2) is 39.9 Å². The van der Waals surface area contributed by atoms with Crippen molar-refractivity contribution in [1.29, 1.82) is 0 Å². The Hall–Kier alpha value is -1.60. The molecule has 1 saturated heterocycles. The normalized spacial score (nSPS) is 18.4. The number of hydrogen-bond acceptors (Lipinski definition) is 6. The van der Waals surface area contributed by atoms with E-state index in [0.29, 0.717) is 5.92 Å². The Labute approximate surface area is 134 Å². The van der Waals surface area contributed by atoms with Crippen LogP contribution in [0, 0.1) is 0 Å². The maximum atomic E-state index is 5.34. The van der Waals surface area contributed by atoms with Crippen molar-refractivity contribution in [3.05, 3.63) is 29.8 Å². The van der Waals surface area contributed by atoms with Crippen molar-refractivity contribution in [3.8, 4) is 5.75 Å². The lowest BCUT2D eigenvalue weighted by atomic mass is 9.99. The first-order chi connectivity index (χ1) is 10.8. The fourth-order valence-corrected chi connectivity index (χ4v) is 3.60. The quantitative estimate of drug-likeness (QED) is 0.850. The van der Waals surface area contributed by atoms with E-state index < -0.39 is 0 Å². The molecule has 2 aromatic rings. The molecule has 22 heavy (non-hydrogen) atoms. The largest absolute Gasteiger partial charge is 0.495 e. The topological polar surface area (TPSA) is 64.9 Å². The molecule has 0 aromatic carbocycles. The van der Waals surface area contributed by atoms with Gasteiger partial charge in [0.05, 0.1) is 12.8 Å². The van der Waals surface area contributed by atoms with Crippen LogP contribution in [0.25, 0.3) is 0 Å². The first-order valence-electron chi connectivity index (χ1n) is 7.50. The molecule has 0 aliphatic carbocycles. The van der Waals surface area contributed by atoms with Gasteiger partial charge in [-0.1, -0.05) is 11.8 Å². The highest BCUT2D eigenvalue weighted by molar-refractivity contribution is 7.98. The number of nitrogens with zero attached hydrogens (tertiary/aromatic N) is 4. The monoisotopic (exact) mass is 319 g/mol. The molecule has 1 aliphatic heterocycles. The molecule has 1 atom stereocenters. The van der Waals surface area contributed by atoms with Crippen molar-refractivity contribution in [3.63, 3.8) is 0 Å². The first kappa shape index (κ1) is 15.3. The van der Waals surface area contributed by atoms with Crippen LogP contribution in [0.4, 0.5) is 0 Å². The molecule has 0 unspecified atom stereocenters. The van der Waals surface area contributed by atoms with Gasteiger partial charge in [-0.05, 0) is 31.5 Å². The summed E-state index contributed by atoms with van der Waals surface area (Å²) in [5, 5.41) is 13.1. The summed E-state index contributed by atoms with van der Waals surface area (Å²) in [5.41, 5.74) is 0.930. The van der Waals surface area contributed by atoms with Gasteiger partial charge in [-0.2, -0.15) is 0 Å². The van der Waals surface area contributed by atoms with Gasteiger partial charge >= 0.3 is 0 Å². The molecular weight excluding hydrogens is 298 g/mol. The Morgan fingerprint density at radius 3 is 3.14 bits per heavy atom. The van der Waals surface area contributed by atoms with E-state index in [2.05, 4.69) is 25.1 Å². The third-order valence-corrected chi connectivity index (χ3v) is 4.97. The summed E-state index contributed by atoms with van der Waals surface area (Å²) in [6.07, 6.45) is 4.16. The van der Waals surface area contributed by atoms with Crippen molar-refractivity contribution >= 4 is 11.8 Å². The van der Waals surface area contributed by atoms with Crippen LogP contribution < -0.4 is 10.1 Å². The molecule has 0 radical (unpaired) electrons. The predicted molar refractivity (Wildman–Crippen MR) is 86.2 cm³/mol. The minimum atomic E-state index is 0.463. The van der Waals surface area contributed by atoms with E-state index in [1.165, 1.54) is 12.8 Å². The standard InChI is InChI=1S/C15H21N5OS/c1-20-14(11-5-3-7-16-9-11)18-19-15(20)22-10-12-13(21-2)6-4-8-17-12/h4,6,8,11,16H,3,5,7,9-10H2,1-2H3/t11-/m0/s1. The molecule has 1 aliphatic rings. The lowest BCUT2D eigenvalue weighted by molar-refractivity contribution is 0.409. The van der Waals surface area contributed by atoms with E-state index in [1.807, 2.05) is 19.2 Å². The predicted octanol–water partition coefficient (Wildman–Crippen LogP) is 1.98. The zero-order valence-electron chi connectivity index (χ0n) is 13.0. The Morgan fingerprint density at radius 1 is 1.45 bits per heavy atom. The van der Waals surface area contributed by atoms with Crippen LogP contribution in [0.3, 0.4) is 0 Å². The average molecular weight is 319 g/mol. The van der Waals surface area contributed by atoms with Crippen molar-refractivity contribution in [2.45, 2.75) is 29.7 Å². The van der Waals surface area contributed by atoms with E-state index in [9.17, 15) is 0 Å². The van der Waals surface area contributed by atoms with Crippen molar-refractivity contribution < 1.29 is 4.74 Å². The lowest BCUT2D eigenvalue weighted by Crippen LogP contribution is -2.29. The summed E-state index contributed by atoms with van der Waals surface area (Å²) < 4.78 is 7.45. The molecular formula is C15H21N5OS. The lowest BCUT2D eigenvalue weighted by Gasteiger charge is -2.21. The third-order valence-electron chi connectivity index (χ3n) is 3.94. The summed E-state index contributed by atoms with van der Waals surface area (Å²) in [7, 11) is 3.71. The number of piperidine rings is 1. The molecule has 0 spiro atoms. The van der Waals surface area contributed by atoms with E-state index in [1.54, 1.807) is 25.1 Å². The smallest absolute Gasteiger partial charge is 0.191 e. The summed E-state index contributed by atoms with van der Waals surface area (Å²) in [6.45, 7) is 2.10. The van der Waals surface area contributed by atoms with Crippen LogP contribution in [0.1, 0.15) is 30.3 Å². The minimum Gasteiger partial charge on any atom is -0.495 e. The molecule has 2 aromatic heterocycles. The molecule has 0 bridgehead atoms. The molecule has 6 nitrogen and oxygen atoms in total. The molecule has 3 heterocycles. The molecule has 7 heteroatoms. The first-order valence-corrected chi connectivity index (χ1v) is 8.49. The molecule has 0 saturated carbocycles. The average Bonchev–Trinajstić information content (AvgIpc) is 2.95. The second kappa shape index (κ2) is 7.11. The maximum Gasteiger partial charge on any atom is 0.191 e. The van der Waals surface area contributed by atoms with Gasteiger partial charge in [-0.15, -0.1) is 10.2 Å². The van der Waals surface area contributed by atoms with E-state index >= 15 is 0 Å². The zero-order chi connectivity index (χ0) is 15.4. The fraction of sp³-hybridized carbons (Fsp3) is 0.533. The molecule has 1 fully saturated rings. The van der Waals surface area contributed by atoms with E-state index in [-0.39, 0.29) is 0 Å². The Bertz CT molecular complexity index is 624. The van der Waals surface area contributed by atoms with Crippen LogP contribution in [0.15, 0.2) is 23.5 Å². The van der Waals surface area contributed by atoms with Gasteiger partial charge in [0.2, 0.25) is 0 Å². The van der Waals surface area contributed by atoms with Crippen LogP contribution in [-0.2, 0) is 12.8 Å². The molecule has 3 rings (SSSR count). The number of hydrogen-bond donors (Lipinski definition) is 1. The summed E-state index contributed by atoms with van der Waals surface area (Å²) >= 11 is 1.64. The number of pyridine rings is 1. The number of methoxy groups -OCH3 is 1. The second-order valence-electron chi connectivity index (χ2n) is 5.38. The Kier molecular flexibility index (Phi) is 4.94. The highest BCUT2D eigenvalue weighted by atomic mass is 32.2. The van der Waals surface area contributed by atoms with Crippen molar-refractivity contribution in [1.82, 2.24) is 25.1 Å². The molecule has 1 N–H and O–H groups in total. The minimum absolute atomic E-state index is 0.463. The van der Waals surface area contributed by atoms with Crippen molar-refractivity contribution in [2.24, 2.45) is 7.05 Å². The summed E-state index contributed by atoms with van der Waals surface area (Å²) in [5.74, 6) is 3.07. The Balaban J connectivity index is 1.69. The number of thioether (sulfide) groups is 1. The highest BCUT2D eigenvalue weighted by Crippen LogP contribution is 2.28. The number of nitrogens with one attached hydrogen (secondary N) is 1. The summed E-state index contributed by atoms with van der Waals surface area (Å²) in [4.78, 5) is 4.38. The van der Waals surface area contributed by atoms with Gasteiger partial charge in [0.1, 0.15) is 11.6 Å². The van der Waals surface area contributed by atoms with Gasteiger partial charge in [-0.25, -0.2) is 0 Å². The third kappa shape index (κ3) is 3.25. The van der Waals surface area contributed by atoms with Gasteiger partial charge in [0, 0.05) is 31.5 Å². The van der Waals surface area contributed by atoms with Crippen molar-refractivity contribution in [2.75, 3.05) is 20.2 Å².